The number of para-hydroxylation sites is 1. The molecule has 1 amide bonds. The number of nitrogens with zero attached hydrogens (tertiary/aromatic N) is 2. The zero-order valence-electron chi connectivity index (χ0n) is 15.6. The summed E-state index contributed by atoms with van der Waals surface area (Å²) < 4.78 is 2.09. The van der Waals surface area contributed by atoms with E-state index < -0.39 is 0 Å². The molecule has 1 aromatic carbocycles. The number of pyridine rings is 1. The second kappa shape index (κ2) is 7.43. The fraction of sp³-hybridized carbons (Fsp3) is 0.364. The summed E-state index contributed by atoms with van der Waals surface area (Å²) in [6.45, 7) is 1.63. The summed E-state index contributed by atoms with van der Waals surface area (Å²) in [5.74, 6) is 0.784. The van der Waals surface area contributed by atoms with Gasteiger partial charge in [0.2, 0.25) is 11.5 Å². The van der Waals surface area contributed by atoms with Gasteiger partial charge in [0.25, 0.3) is 0 Å². The Morgan fingerprint density at radius 3 is 2.67 bits per heavy atom. The van der Waals surface area contributed by atoms with Crippen LogP contribution >= 0.6 is 0 Å². The summed E-state index contributed by atoms with van der Waals surface area (Å²) in [6, 6.07) is 11.7. The molecular formula is C22H25N3O2. The Bertz CT molecular complexity index is 989. The number of H-pyrrole nitrogens is 1. The lowest BCUT2D eigenvalue weighted by atomic mass is 9.90. The number of hydrogen-bond donors (Lipinski definition) is 1. The smallest absolute Gasteiger partial charge is 0.247 e. The number of piperidine rings is 1. The minimum Gasteiger partial charge on any atom is -0.350 e. The second-order valence-corrected chi connectivity index (χ2v) is 7.55. The molecule has 3 heterocycles. The summed E-state index contributed by atoms with van der Waals surface area (Å²) in [5.41, 5.74) is 3.37. The second-order valence-electron chi connectivity index (χ2n) is 7.55. The highest BCUT2D eigenvalue weighted by Crippen LogP contribution is 2.24. The van der Waals surface area contributed by atoms with Crippen molar-refractivity contribution < 1.29 is 4.79 Å². The van der Waals surface area contributed by atoms with E-state index in [1.807, 2.05) is 30.1 Å². The Balaban J connectivity index is 1.35. The van der Waals surface area contributed by atoms with Crippen molar-refractivity contribution in [2.75, 3.05) is 13.1 Å². The van der Waals surface area contributed by atoms with Crippen molar-refractivity contribution >= 4 is 16.8 Å². The molecule has 1 aliphatic rings. The number of carbonyl (C=O) groups excluding carboxylic acids is 1. The van der Waals surface area contributed by atoms with Gasteiger partial charge in [0, 0.05) is 49.5 Å². The molecule has 0 saturated carbocycles. The van der Waals surface area contributed by atoms with Crippen molar-refractivity contribution in [1.29, 1.82) is 0 Å². The molecule has 2 aromatic heterocycles. The van der Waals surface area contributed by atoms with Gasteiger partial charge in [-0.3, -0.25) is 9.59 Å². The van der Waals surface area contributed by atoms with Gasteiger partial charge in [-0.05, 0) is 42.4 Å². The number of nitrogens with one attached hydrogen (secondary N) is 1. The van der Waals surface area contributed by atoms with Crippen LogP contribution < -0.4 is 5.56 Å². The number of aryl methyl sites for hydroxylation is 1. The van der Waals surface area contributed by atoms with Crippen LogP contribution in [0.1, 0.15) is 24.0 Å². The number of carbonyl (C=O) groups is 1. The van der Waals surface area contributed by atoms with Crippen LogP contribution in [0.5, 0.6) is 0 Å². The predicted molar refractivity (Wildman–Crippen MR) is 107 cm³/mol. The lowest BCUT2D eigenvalue weighted by molar-refractivity contribution is -0.131. The van der Waals surface area contributed by atoms with Crippen LogP contribution in [-0.2, 0) is 24.7 Å². The number of aromatic amines is 1. The van der Waals surface area contributed by atoms with E-state index in [-0.39, 0.29) is 11.5 Å². The highest BCUT2D eigenvalue weighted by molar-refractivity contribution is 5.89. The predicted octanol–water partition coefficient (Wildman–Crippen LogP) is 2.89. The van der Waals surface area contributed by atoms with E-state index in [1.54, 1.807) is 12.3 Å². The molecule has 5 nitrogen and oxygen atoms in total. The summed E-state index contributed by atoms with van der Waals surface area (Å²) in [7, 11) is 2.03. The first-order valence-electron chi connectivity index (χ1n) is 9.58. The number of aromatic nitrogens is 2. The van der Waals surface area contributed by atoms with Gasteiger partial charge in [-0.2, -0.15) is 0 Å². The Labute approximate surface area is 158 Å². The van der Waals surface area contributed by atoms with Crippen molar-refractivity contribution in [3.05, 3.63) is 70.3 Å². The summed E-state index contributed by atoms with van der Waals surface area (Å²) in [6.07, 6.45) is 7.33. The summed E-state index contributed by atoms with van der Waals surface area (Å²) in [4.78, 5) is 28.7. The maximum absolute atomic E-state index is 12.8. The minimum atomic E-state index is -0.0624. The van der Waals surface area contributed by atoms with Gasteiger partial charge in [0.15, 0.2) is 0 Å². The van der Waals surface area contributed by atoms with E-state index in [4.69, 9.17) is 0 Å². The summed E-state index contributed by atoms with van der Waals surface area (Å²) in [5, 5.41) is 1.17. The van der Waals surface area contributed by atoms with Crippen molar-refractivity contribution in [3.8, 4) is 0 Å². The number of benzene rings is 1. The number of likely N-dealkylation sites (tertiary alicyclic amines) is 1. The van der Waals surface area contributed by atoms with Gasteiger partial charge < -0.3 is 14.5 Å². The monoisotopic (exact) mass is 363 g/mol. The molecule has 1 N–H and O–H groups in total. The molecule has 0 radical (unpaired) electrons. The van der Waals surface area contributed by atoms with E-state index in [2.05, 4.69) is 27.9 Å². The lowest BCUT2D eigenvalue weighted by Gasteiger charge is -2.32. The van der Waals surface area contributed by atoms with Crippen LogP contribution in [-0.4, -0.2) is 33.4 Å². The van der Waals surface area contributed by atoms with Crippen molar-refractivity contribution in [1.82, 2.24) is 14.5 Å². The number of amides is 1. The fourth-order valence-electron chi connectivity index (χ4n) is 4.13. The van der Waals surface area contributed by atoms with Crippen LogP contribution in [0.15, 0.2) is 53.6 Å². The molecule has 1 aliphatic heterocycles. The van der Waals surface area contributed by atoms with Gasteiger partial charge in [-0.15, -0.1) is 0 Å². The largest absolute Gasteiger partial charge is 0.350 e. The van der Waals surface area contributed by atoms with Gasteiger partial charge in [0.1, 0.15) is 0 Å². The van der Waals surface area contributed by atoms with Gasteiger partial charge in [0.05, 0.1) is 6.42 Å². The molecule has 4 rings (SSSR count). The van der Waals surface area contributed by atoms with Crippen LogP contribution in [0.3, 0.4) is 0 Å². The zero-order chi connectivity index (χ0) is 18.8. The van der Waals surface area contributed by atoms with Crippen molar-refractivity contribution in [2.24, 2.45) is 13.0 Å². The molecular weight excluding hydrogens is 338 g/mol. The third kappa shape index (κ3) is 3.82. The average molecular weight is 363 g/mol. The molecule has 27 heavy (non-hydrogen) atoms. The van der Waals surface area contributed by atoms with Crippen molar-refractivity contribution in [2.45, 2.75) is 25.7 Å². The third-order valence-corrected chi connectivity index (χ3v) is 5.66. The first-order valence-corrected chi connectivity index (χ1v) is 9.58. The summed E-state index contributed by atoms with van der Waals surface area (Å²) >= 11 is 0. The standard InChI is InChI=1S/C22H25N3O2/c1-24-15-18(19-4-2-3-5-20(19)24)13-22(27)25-10-8-16(9-11-25)12-17-6-7-21(26)23-14-17/h2-7,14-16H,8-13H2,1H3,(H,23,26). The third-order valence-electron chi connectivity index (χ3n) is 5.66. The van der Waals surface area contributed by atoms with Crippen LogP contribution in [0.2, 0.25) is 0 Å². The van der Waals surface area contributed by atoms with Gasteiger partial charge in [-0.25, -0.2) is 0 Å². The highest BCUT2D eigenvalue weighted by atomic mass is 16.2. The van der Waals surface area contributed by atoms with E-state index >= 15 is 0 Å². The van der Waals surface area contributed by atoms with E-state index in [1.165, 1.54) is 10.9 Å². The average Bonchev–Trinajstić information content (AvgIpc) is 3.00. The van der Waals surface area contributed by atoms with Gasteiger partial charge in [-0.1, -0.05) is 24.3 Å². The maximum Gasteiger partial charge on any atom is 0.247 e. The van der Waals surface area contributed by atoms with Gasteiger partial charge >= 0.3 is 0 Å². The fourth-order valence-corrected chi connectivity index (χ4v) is 4.13. The van der Waals surface area contributed by atoms with Crippen LogP contribution in [0.4, 0.5) is 0 Å². The van der Waals surface area contributed by atoms with Crippen LogP contribution in [0.25, 0.3) is 10.9 Å². The number of hydrogen-bond acceptors (Lipinski definition) is 2. The molecule has 0 unspecified atom stereocenters. The molecule has 1 fully saturated rings. The number of fused-ring (bicyclic) bond motifs is 1. The Kier molecular flexibility index (Phi) is 4.84. The molecule has 0 spiro atoms. The molecule has 0 atom stereocenters. The van der Waals surface area contributed by atoms with E-state index in [9.17, 15) is 9.59 Å². The molecule has 3 aromatic rings. The quantitative estimate of drug-likeness (QED) is 0.775. The lowest BCUT2D eigenvalue weighted by Crippen LogP contribution is -2.39. The molecule has 5 heteroatoms. The SMILES string of the molecule is Cn1cc(CC(=O)N2CCC(Cc3ccc(=O)[nH]c3)CC2)c2ccccc21. The zero-order valence-corrected chi connectivity index (χ0v) is 15.6. The Morgan fingerprint density at radius 1 is 1.15 bits per heavy atom. The highest BCUT2D eigenvalue weighted by Gasteiger charge is 2.23. The van der Waals surface area contributed by atoms with E-state index in [0.717, 1.165) is 43.5 Å². The number of rotatable bonds is 4. The molecule has 0 bridgehead atoms. The van der Waals surface area contributed by atoms with Crippen LogP contribution in [0, 0.1) is 5.92 Å². The topological polar surface area (TPSA) is 58.1 Å². The normalized spacial score (nSPS) is 15.4. The Morgan fingerprint density at radius 2 is 1.93 bits per heavy atom. The van der Waals surface area contributed by atoms with Crippen molar-refractivity contribution in [3.63, 3.8) is 0 Å². The Hall–Kier alpha value is -2.82. The molecule has 0 aliphatic carbocycles. The van der Waals surface area contributed by atoms with E-state index in [0.29, 0.717) is 12.3 Å². The molecule has 140 valence electrons. The first kappa shape index (κ1) is 17.6. The minimum absolute atomic E-state index is 0.0624. The first-order chi connectivity index (χ1) is 13.1. The maximum atomic E-state index is 12.8. The molecule has 1 saturated heterocycles.